The summed E-state index contributed by atoms with van der Waals surface area (Å²) in [7, 11) is 0. The fourth-order valence-electron chi connectivity index (χ4n) is 3.89. The molecule has 2 fully saturated rings. The number of imide groups is 1. The molecule has 3 aliphatic heterocycles. The Morgan fingerprint density at radius 3 is 2.84 bits per heavy atom. The summed E-state index contributed by atoms with van der Waals surface area (Å²) < 4.78 is 0. The van der Waals surface area contributed by atoms with E-state index in [2.05, 4.69) is 51.5 Å². The van der Waals surface area contributed by atoms with Crippen molar-refractivity contribution in [1.82, 2.24) is 26.3 Å². The molecule has 9 heteroatoms. The summed E-state index contributed by atoms with van der Waals surface area (Å²) in [6, 6.07) is 8.27. The lowest BCUT2D eigenvalue weighted by molar-refractivity contribution is -0.115. The van der Waals surface area contributed by atoms with E-state index < -0.39 is 17.4 Å². The number of aryl methyl sites for hydroxylation is 1. The minimum absolute atomic E-state index is 0.219. The monoisotopic (exact) mass is 419 g/mol. The van der Waals surface area contributed by atoms with Crippen molar-refractivity contribution in [1.29, 1.82) is 0 Å². The highest BCUT2D eigenvalue weighted by molar-refractivity contribution is 6.12. The van der Waals surface area contributed by atoms with Gasteiger partial charge in [0.1, 0.15) is 17.4 Å². The Bertz CT molecular complexity index is 1070. The second-order valence-electron chi connectivity index (χ2n) is 8.60. The Kier molecular flexibility index (Phi) is 4.53. The molecule has 2 unspecified atom stereocenters. The van der Waals surface area contributed by atoms with Gasteiger partial charge < -0.3 is 16.0 Å². The van der Waals surface area contributed by atoms with Gasteiger partial charge in [-0.1, -0.05) is 29.8 Å². The van der Waals surface area contributed by atoms with E-state index in [-0.39, 0.29) is 11.9 Å². The average Bonchev–Trinajstić information content (AvgIpc) is 3.40. The zero-order chi connectivity index (χ0) is 21.6. The fraction of sp³-hybridized carbons (Fsp3) is 0.364. The number of benzene rings is 1. The van der Waals surface area contributed by atoms with Crippen LogP contribution in [0.3, 0.4) is 0 Å². The van der Waals surface area contributed by atoms with Crippen molar-refractivity contribution in [3.05, 3.63) is 59.1 Å². The van der Waals surface area contributed by atoms with Crippen LogP contribution in [-0.4, -0.2) is 41.2 Å². The number of carbonyl (C=O) groups excluding carboxylic acids is 2. The van der Waals surface area contributed by atoms with Crippen molar-refractivity contribution < 1.29 is 9.59 Å². The highest BCUT2D eigenvalue weighted by Crippen LogP contribution is 2.37. The van der Waals surface area contributed by atoms with Gasteiger partial charge in [-0.15, -0.1) is 0 Å². The van der Waals surface area contributed by atoms with Gasteiger partial charge in [0.15, 0.2) is 6.17 Å². The van der Waals surface area contributed by atoms with Crippen LogP contribution in [0.15, 0.2) is 58.0 Å². The van der Waals surface area contributed by atoms with Gasteiger partial charge in [-0.05, 0) is 38.3 Å². The quantitative estimate of drug-likeness (QED) is 0.427. The number of fused-ring (bicyclic) bond motifs is 1. The summed E-state index contributed by atoms with van der Waals surface area (Å²) in [5.74, 6) is 1.19. The van der Waals surface area contributed by atoms with E-state index in [9.17, 15) is 9.59 Å². The molecule has 3 heterocycles. The molecule has 1 aromatic carbocycles. The first-order chi connectivity index (χ1) is 14.9. The fourth-order valence-corrected chi connectivity index (χ4v) is 3.89. The van der Waals surface area contributed by atoms with E-state index in [1.54, 1.807) is 12.3 Å². The molecule has 1 aromatic rings. The number of hydrogen-bond acceptors (Lipinski definition) is 7. The van der Waals surface area contributed by atoms with Gasteiger partial charge in [-0.3, -0.25) is 10.1 Å². The number of hydrogen-bond donors (Lipinski definition) is 4. The van der Waals surface area contributed by atoms with E-state index in [4.69, 9.17) is 4.99 Å². The number of amides is 3. The molecular formula is C22H25N7O2. The summed E-state index contributed by atoms with van der Waals surface area (Å²) in [4.78, 5) is 28.5. The number of aliphatic imine (C=N–C) groups is 1. The Balaban J connectivity index is 1.42. The van der Waals surface area contributed by atoms with Crippen LogP contribution in [-0.2, 0) is 11.3 Å². The third-order valence-electron chi connectivity index (χ3n) is 5.69. The normalized spacial score (nSPS) is 28.1. The minimum atomic E-state index is -0.675. The molecule has 2 atom stereocenters. The first kappa shape index (κ1) is 19.3. The van der Waals surface area contributed by atoms with Crippen molar-refractivity contribution in [3.8, 4) is 0 Å². The molecule has 1 aliphatic carbocycles. The van der Waals surface area contributed by atoms with Gasteiger partial charge in [0, 0.05) is 24.9 Å². The highest BCUT2D eigenvalue weighted by atomic mass is 16.2. The number of amidine groups is 1. The van der Waals surface area contributed by atoms with E-state index in [0.717, 1.165) is 24.5 Å². The van der Waals surface area contributed by atoms with Gasteiger partial charge in [-0.25, -0.2) is 14.8 Å². The topological polar surface area (TPSA) is 110 Å². The molecule has 4 N–H and O–H groups in total. The van der Waals surface area contributed by atoms with Crippen LogP contribution in [0.1, 0.15) is 30.9 Å². The van der Waals surface area contributed by atoms with Crippen LogP contribution in [0.25, 0.3) is 0 Å². The zero-order valence-corrected chi connectivity index (χ0v) is 17.5. The maximum atomic E-state index is 12.1. The largest absolute Gasteiger partial charge is 0.367 e. The molecule has 1 saturated carbocycles. The molecular weight excluding hydrogens is 394 g/mol. The van der Waals surface area contributed by atoms with Crippen LogP contribution in [0.4, 0.5) is 4.79 Å². The highest BCUT2D eigenvalue weighted by Gasteiger charge is 2.45. The number of nitrogens with one attached hydrogen (secondary N) is 4. The predicted octanol–water partition coefficient (Wildman–Crippen LogP) is 1.45. The van der Waals surface area contributed by atoms with Gasteiger partial charge in [0.2, 0.25) is 0 Å². The SMILES string of the molecule is Cc1cccc(CNC2=NC3N(N=CC3(C)/C=C3\NC(=O)NC3=O)C(NC3CC3)=C2)c1. The Morgan fingerprint density at radius 2 is 2.13 bits per heavy atom. The summed E-state index contributed by atoms with van der Waals surface area (Å²) in [6.07, 6.45) is 7.37. The van der Waals surface area contributed by atoms with Gasteiger partial charge in [0.25, 0.3) is 5.91 Å². The van der Waals surface area contributed by atoms with Gasteiger partial charge in [0.05, 0.1) is 5.41 Å². The van der Waals surface area contributed by atoms with Crippen LogP contribution in [0.2, 0.25) is 0 Å². The number of hydrazone groups is 1. The van der Waals surface area contributed by atoms with E-state index in [1.807, 2.05) is 24.1 Å². The van der Waals surface area contributed by atoms with E-state index in [0.29, 0.717) is 12.6 Å². The number of urea groups is 1. The van der Waals surface area contributed by atoms with Crippen molar-refractivity contribution in [2.45, 2.75) is 45.4 Å². The van der Waals surface area contributed by atoms with Gasteiger partial charge in [-0.2, -0.15) is 5.10 Å². The lowest BCUT2D eigenvalue weighted by atomic mass is 9.87. The maximum Gasteiger partial charge on any atom is 0.326 e. The summed E-state index contributed by atoms with van der Waals surface area (Å²) in [5, 5.41) is 18.2. The first-order valence-corrected chi connectivity index (χ1v) is 10.4. The van der Waals surface area contributed by atoms with Crippen molar-refractivity contribution >= 4 is 24.0 Å². The molecule has 0 radical (unpaired) electrons. The molecule has 1 saturated heterocycles. The summed E-state index contributed by atoms with van der Waals surface area (Å²) >= 11 is 0. The maximum absolute atomic E-state index is 12.1. The van der Waals surface area contributed by atoms with Crippen LogP contribution >= 0.6 is 0 Å². The number of carbonyl (C=O) groups is 2. The molecule has 3 amide bonds. The molecule has 31 heavy (non-hydrogen) atoms. The molecule has 9 nitrogen and oxygen atoms in total. The van der Waals surface area contributed by atoms with E-state index in [1.165, 1.54) is 11.1 Å². The lowest BCUT2D eigenvalue weighted by Crippen LogP contribution is -2.45. The van der Waals surface area contributed by atoms with Crippen LogP contribution in [0, 0.1) is 12.3 Å². The Hall–Kier alpha value is -3.62. The van der Waals surface area contributed by atoms with Gasteiger partial charge >= 0.3 is 6.03 Å². The first-order valence-electron chi connectivity index (χ1n) is 10.4. The molecule has 5 rings (SSSR count). The van der Waals surface area contributed by atoms with Crippen LogP contribution < -0.4 is 21.3 Å². The van der Waals surface area contributed by atoms with Crippen LogP contribution in [0.5, 0.6) is 0 Å². The minimum Gasteiger partial charge on any atom is -0.367 e. The lowest BCUT2D eigenvalue weighted by Gasteiger charge is -2.34. The summed E-state index contributed by atoms with van der Waals surface area (Å²) in [6.45, 7) is 4.68. The number of nitrogens with zero attached hydrogens (tertiary/aromatic N) is 3. The Labute approximate surface area is 180 Å². The van der Waals surface area contributed by atoms with Crippen molar-refractivity contribution in [2.24, 2.45) is 15.5 Å². The van der Waals surface area contributed by atoms with Crippen molar-refractivity contribution in [2.75, 3.05) is 0 Å². The Morgan fingerprint density at radius 1 is 1.29 bits per heavy atom. The number of rotatable bonds is 5. The average molecular weight is 419 g/mol. The standard InChI is InChI=1S/C22H25N7O2/c1-13-4-3-5-14(8-13)11-23-17-9-18(25-15-6-7-15)29-20(27-17)22(2,12-24-29)10-16-19(30)28-21(31)26-16/h3-5,8-10,12,15,20,25H,6-7,11H2,1-2H3,(H,23,27)(H2,26,28,30,31)/b16-10-. The predicted molar refractivity (Wildman–Crippen MR) is 117 cm³/mol. The second-order valence-corrected chi connectivity index (χ2v) is 8.60. The molecule has 0 spiro atoms. The molecule has 4 aliphatic rings. The van der Waals surface area contributed by atoms with E-state index >= 15 is 0 Å². The third-order valence-corrected chi connectivity index (χ3v) is 5.69. The van der Waals surface area contributed by atoms with Crippen molar-refractivity contribution in [3.63, 3.8) is 0 Å². The smallest absolute Gasteiger partial charge is 0.326 e. The molecule has 0 aromatic heterocycles. The zero-order valence-electron chi connectivity index (χ0n) is 17.5. The summed E-state index contributed by atoms with van der Waals surface area (Å²) in [5.41, 5.74) is 1.93. The molecule has 0 bridgehead atoms. The third kappa shape index (κ3) is 3.90. The molecule has 160 valence electrons. The second kappa shape index (κ2) is 7.26.